The number of aliphatic hydroxyl groups is 1. The third kappa shape index (κ3) is 2.13. The lowest BCUT2D eigenvalue weighted by Gasteiger charge is -2.44. The van der Waals surface area contributed by atoms with Gasteiger partial charge in [-0.1, -0.05) is 18.2 Å². The van der Waals surface area contributed by atoms with Crippen LogP contribution in [0.5, 0.6) is 0 Å². The third-order valence-electron chi connectivity index (χ3n) is 5.22. The van der Waals surface area contributed by atoms with Crippen LogP contribution < -0.4 is 0 Å². The number of benzene rings is 1. The van der Waals surface area contributed by atoms with Crippen LogP contribution in [0.25, 0.3) is 0 Å². The van der Waals surface area contributed by atoms with Gasteiger partial charge in [-0.25, -0.2) is 4.79 Å². The zero-order valence-electron chi connectivity index (χ0n) is 12.7. The molecule has 0 unspecified atom stereocenters. The van der Waals surface area contributed by atoms with E-state index in [0.29, 0.717) is 5.56 Å². The number of ether oxygens (including phenoxy) is 3. The summed E-state index contributed by atoms with van der Waals surface area (Å²) in [7, 11) is 0. The van der Waals surface area contributed by atoms with Crippen LogP contribution in [-0.2, 0) is 19.0 Å². The number of Topliss-reactive ketones (excluding diaryl/α,β-unsaturated/α-hetero) is 1. The van der Waals surface area contributed by atoms with Crippen molar-refractivity contribution in [2.75, 3.05) is 6.61 Å². The van der Waals surface area contributed by atoms with E-state index in [4.69, 9.17) is 14.2 Å². The first-order valence-corrected chi connectivity index (χ1v) is 7.75. The molecule has 0 spiro atoms. The number of hydrogen-bond acceptors (Lipinski definition) is 6. The molecule has 0 aromatic heterocycles. The molecule has 0 amide bonds. The molecule has 6 heteroatoms. The Morgan fingerprint density at radius 1 is 1.35 bits per heavy atom. The molecule has 23 heavy (non-hydrogen) atoms. The van der Waals surface area contributed by atoms with Gasteiger partial charge in [-0.15, -0.1) is 0 Å². The normalized spacial score (nSPS) is 41.1. The lowest BCUT2D eigenvalue weighted by Crippen LogP contribution is -2.59. The van der Waals surface area contributed by atoms with Crippen LogP contribution in [0.3, 0.4) is 0 Å². The van der Waals surface area contributed by atoms with Crippen LogP contribution in [0.1, 0.15) is 30.1 Å². The summed E-state index contributed by atoms with van der Waals surface area (Å²) in [6, 6.07) is 8.67. The number of esters is 1. The Morgan fingerprint density at radius 3 is 2.83 bits per heavy atom. The van der Waals surface area contributed by atoms with Gasteiger partial charge in [-0.3, -0.25) is 4.79 Å². The van der Waals surface area contributed by atoms with Crippen molar-refractivity contribution in [3.8, 4) is 0 Å². The molecule has 2 heterocycles. The van der Waals surface area contributed by atoms with Gasteiger partial charge in [-0.2, -0.15) is 0 Å². The number of ketones is 1. The highest BCUT2D eigenvalue weighted by Crippen LogP contribution is 2.56. The summed E-state index contributed by atoms with van der Waals surface area (Å²) in [6.07, 6.45) is -0.418. The van der Waals surface area contributed by atoms with E-state index in [1.165, 1.54) is 0 Å². The summed E-state index contributed by atoms with van der Waals surface area (Å²) in [6.45, 7) is 1.72. The van der Waals surface area contributed by atoms with Gasteiger partial charge in [0.25, 0.3) is 0 Å². The monoisotopic (exact) mass is 318 g/mol. The fourth-order valence-corrected chi connectivity index (χ4v) is 3.79. The zero-order valence-corrected chi connectivity index (χ0v) is 12.7. The highest BCUT2D eigenvalue weighted by atomic mass is 16.8. The summed E-state index contributed by atoms with van der Waals surface area (Å²) < 4.78 is 16.8. The topological polar surface area (TPSA) is 82.1 Å². The minimum atomic E-state index is -1.42. The van der Waals surface area contributed by atoms with Crippen molar-refractivity contribution >= 4 is 11.8 Å². The molecule has 2 aliphatic heterocycles. The van der Waals surface area contributed by atoms with Crippen molar-refractivity contribution in [1.82, 2.24) is 0 Å². The first kappa shape index (κ1) is 14.8. The van der Waals surface area contributed by atoms with E-state index in [1.54, 1.807) is 31.2 Å². The second-order valence-electron chi connectivity index (χ2n) is 6.70. The maximum Gasteiger partial charge on any atom is 0.338 e. The SMILES string of the molecule is C[C@@]12CC(=O)[C@H]3C[C@]1(O)O[C@H](O2)[C@@H]3COC(=O)c1ccccc1. The van der Waals surface area contributed by atoms with Gasteiger partial charge in [0.1, 0.15) is 18.0 Å². The summed E-state index contributed by atoms with van der Waals surface area (Å²) in [5.74, 6) is -2.63. The smallest absolute Gasteiger partial charge is 0.338 e. The van der Waals surface area contributed by atoms with Crippen LogP contribution in [0.15, 0.2) is 30.3 Å². The largest absolute Gasteiger partial charge is 0.462 e. The van der Waals surface area contributed by atoms with Gasteiger partial charge >= 0.3 is 5.97 Å². The lowest BCUT2D eigenvalue weighted by atomic mass is 9.70. The van der Waals surface area contributed by atoms with Crippen molar-refractivity contribution in [3.05, 3.63) is 35.9 Å². The van der Waals surface area contributed by atoms with E-state index in [2.05, 4.69) is 0 Å². The Labute approximate surface area is 133 Å². The van der Waals surface area contributed by atoms with Gasteiger partial charge in [0, 0.05) is 18.8 Å². The van der Waals surface area contributed by atoms with E-state index in [9.17, 15) is 14.7 Å². The third-order valence-corrected chi connectivity index (χ3v) is 5.22. The molecule has 6 nitrogen and oxygen atoms in total. The van der Waals surface area contributed by atoms with Gasteiger partial charge in [0.05, 0.1) is 11.5 Å². The Bertz CT molecular complexity index is 658. The average Bonchev–Trinajstić information content (AvgIpc) is 2.69. The molecule has 3 fully saturated rings. The standard InChI is InChI=1S/C17H18O6/c1-16-8-13(18)11-7-17(16,20)23-15(22-16)12(11)9-21-14(19)10-5-3-2-4-6-10/h2-6,11-12,15,20H,7-9H2,1H3/t11-,12+,15-,16+,17-/m0/s1. The van der Waals surface area contributed by atoms with Crippen molar-refractivity contribution in [2.45, 2.75) is 37.4 Å². The van der Waals surface area contributed by atoms with Gasteiger partial charge in [0.2, 0.25) is 0 Å². The van der Waals surface area contributed by atoms with E-state index < -0.39 is 29.6 Å². The molecule has 1 aliphatic carbocycles. The molecule has 5 atom stereocenters. The average molecular weight is 318 g/mol. The second-order valence-corrected chi connectivity index (χ2v) is 6.70. The fraction of sp³-hybridized carbons (Fsp3) is 0.529. The van der Waals surface area contributed by atoms with Crippen molar-refractivity contribution in [1.29, 1.82) is 0 Å². The Morgan fingerprint density at radius 2 is 2.09 bits per heavy atom. The van der Waals surface area contributed by atoms with Crippen LogP contribution in [0.4, 0.5) is 0 Å². The highest BCUT2D eigenvalue weighted by Gasteiger charge is 2.69. The lowest BCUT2D eigenvalue weighted by molar-refractivity contribution is -0.271. The minimum Gasteiger partial charge on any atom is -0.462 e. The number of hydrogen-bond donors (Lipinski definition) is 1. The molecule has 0 radical (unpaired) electrons. The molecule has 4 rings (SSSR count). The van der Waals surface area contributed by atoms with E-state index in [-0.39, 0.29) is 31.1 Å². The molecule has 3 bridgehead atoms. The summed E-state index contributed by atoms with van der Waals surface area (Å²) in [5, 5.41) is 10.6. The van der Waals surface area contributed by atoms with E-state index >= 15 is 0 Å². The molecule has 122 valence electrons. The predicted molar refractivity (Wildman–Crippen MR) is 77.3 cm³/mol. The van der Waals surface area contributed by atoms with Gasteiger partial charge in [0.15, 0.2) is 12.1 Å². The second kappa shape index (κ2) is 4.87. The first-order valence-electron chi connectivity index (χ1n) is 7.75. The van der Waals surface area contributed by atoms with Crippen LogP contribution >= 0.6 is 0 Å². The molecule has 1 aromatic carbocycles. The molecule has 2 saturated heterocycles. The Kier molecular flexibility index (Phi) is 3.13. The van der Waals surface area contributed by atoms with Gasteiger partial charge in [-0.05, 0) is 19.1 Å². The van der Waals surface area contributed by atoms with Crippen molar-refractivity contribution in [3.63, 3.8) is 0 Å². The van der Waals surface area contributed by atoms with E-state index in [0.717, 1.165) is 0 Å². The highest BCUT2D eigenvalue weighted by molar-refractivity contribution is 5.89. The van der Waals surface area contributed by atoms with Crippen LogP contribution in [-0.4, -0.2) is 41.1 Å². The van der Waals surface area contributed by atoms with Crippen molar-refractivity contribution in [2.24, 2.45) is 11.8 Å². The predicted octanol–water partition coefficient (Wildman–Crippen LogP) is 1.27. The number of carbonyl (C=O) groups is 2. The number of fused-ring (bicyclic) bond motifs is 2. The molecule has 1 aromatic rings. The number of rotatable bonds is 3. The maximum atomic E-state index is 12.3. The molecule has 1 saturated carbocycles. The number of carbonyl (C=O) groups excluding carboxylic acids is 2. The zero-order chi connectivity index (χ0) is 16.2. The summed E-state index contributed by atoms with van der Waals surface area (Å²) >= 11 is 0. The van der Waals surface area contributed by atoms with Crippen LogP contribution in [0.2, 0.25) is 0 Å². The quantitative estimate of drug-likeness (QED) is 0.845. The molecular weight excluding hydrogens is 300 g/mol. The molecule has 1 N–H and O–H groups in total. The summed E-state index contributed by atoms with van der Waals surface area (Å²) in [4.78, 5) is 24.4. The van der Waals surface area contributed by atoms with E-state index in [1.807, 2.05) is 6.07 Å². The molecule has 3 aliphatic rings. The van der Waals surface area contributed by atoms with Gasteiger partial charge < -0.3 is 19.3 Å². The summed E-state index contributed by atoms with van der Waals surface area (Å²) in [5.41, 5.74) is -0.556. The Balaban J connectivity index is 1.50. The fourth-order valence-electron chi connectivity index (χ4n) is 3.79. The van der Waals surface area contributed by atoms with Crippen molar-refractivity contribution < 1.29 is 28.9 Å². The first-order chi connectivity index (χ1) is 10.9. The van der Waals surface area contributed by atoms with Crippen LogP contribution in [0, 0.1) is 11.8 Å². The minimum absolute atomic E-state index is 0.0287. The maximum absolute atomic E-state index is 12.3. The molecular formula is C17H18O6. The Hall–Kier alpha value is -1.76.